The zero-order chi connectivity index (χ0) is 19.3. The van der Waals surface area contributed by atoms with E-state index >= 15 is 0 Å². The van der Waals surface area contributed by atoms with Crippen molar-refractivity contribution in [1.29, 1.82) is 0 Å². The topological polar surface area (TPSA) is 61.6 Å². The van der Waals surface area contributed by atoms with Crippen LogP contribution in [0.2, 0.25) is 0 Å². The predicted molar refractivity (Wildman–Crippen MR) is 108 cm³/mol. The molecule has 0 aliphatic carbocycles. The third-order valence-electron chi connectivity index (χ3n) is 5.06. The van der Waals surface area contributed by atoms with Crippen LogP contribution >= 0.6 is 0 Å². The number of ether oxygens (including phenoxy) is 4. The molecule has 0 radical (unpaired) electrons. The van der Waals surface area contributed by atoms with E-state index < -0.39 is 0 Å². The van der Waals surface area contributed by atoms with Crippen LogP contribution in [-0.2, 0) is 9.47 Å². The number of fused-ring (bicyclic) bond motifs is 1. The van der Waals surface area contributed by atoms with E-state index in [1.165, 1.54) is 0 Å². The minimum atomic E-state index is -0.0486. The summed E-state index contributed by atoms with van der Waals surface area (Å²) in [4.78, 5) is 9.36. The van der Waals surface area contributed by atoms with Crippen LogP contribution in [0.5, 0.6) is 11.5 Å². The summed E-state index contributed by atoms with van der Waals surface area (Å²) >= 11 is 0. The fourth-order valence-electron chi connectivity index (χ4n) is 3.46. The van der Waals surface area contributed by atoms with Crippen molar-refractivity contribution >= 4 is 12.4 Å². The summed E-state index contributed by atoms with van der Waals surface area (Å²) in [7, 11) is 3.31. The molecule has 28 heavy (non-hydrogen) atoms. The maximum atomic E-state index is 5.96. The summed E-state index contributed by atoms with van der Waals surface area (Å²) < 4.78 is 22.3. The molecule has 0 bridgehead atoms. The van der Waals surface area contributed by atoms with Gasteiger partial charge in [0.25, 0.3) is 0 Å². The van der Waals surface area contributed by atoms with Crippen LogP contribution in [0.3, 0.4) is 0 Å². The monoisotopic (exact) mass is 380 g/mol. The molecule has 4 rings (SSSR count). The average molecular weight is 380 g/mol. The predicted octanol–water partition coefficient (Wildman–Crippen LogP) is 2.78. The maximum absolute atomic E-state index is 5.96. The fraction of sp³-hybridized carbons (Fsp3) is 0.364. The Balaban J connectivity index is 1.36. The SMILES string of the molecule is COc1ccc(C=N[C@H]2CO[C@H]3[C@@H]2OC[C@@H]3N=Cc2ccc(OC)cc2)cc1. The van der Waals surface area contributed by atoms with Gasteiger partial charge in [-0.05, 0) is 59.7 Å². The maximum Gasteiger partial charge on any atom is 0.118 e. The van der Waals surface area contributed by atoms with Crippen LogP contribution in [-0.4, -0.2) is 64.2 Å². The number of hydrogen-bond donors (Lipinski definition) is 0. The molecule has 2 aromatic rings. The Labute approximate surface area is 164 Å². The minimum Gasteiger partial charge on any atom is -0.497 e. The molecule has 2 saturated heterocycles. The summed E-state index contributed by atoms with van der Waals surface area (Å²) in [5.74, 6) is 1.66. The first-order chi connectivity index (χ1) is 13.8. The summed E-state index contributed by atoms with van der Waals surface area (Å²) in [6.07, 6.45) is 3.64. The van der Waals surface area contributed by atoms with Crippen molar-refractivity contribution in [2.45, 2.75) is 24.3 Å². The van der Waals surface area contributed by atoms with Gasteiger partial charge in [-0.3, -0.25) is 9.98 Å². The van der Waals surface area contributed by atoms with Gasteiger partial charge in [-0.15, -0.1) is 0 Å². The van der Waals surface area contributed by atoms with Crippen LogP contribution in [0.4, 0.5) is 0 Å². The third-order valence-corrected chi connectivity index (χ3v) is 5.06. The van der Waals surface area contributed by atoms with Crippen molar-refractivity contribution in [2.75, 3.05) is 27.4 Å². The van der Waals surface area contributed by atoms with Crippen molar-refractivity contribution < 1.29 is 18.9 Å². The van der Waals surface area contributed by atoms with Crippen LogP contribution in [0, 0.1) is 0 Å². The van der Waals surface area contributed by atoms with Crippen LogP contribution < -0.4 is 9.47 Å². The summed E-state index contributed by atoms with van der Waals surface area (Å²) in [6.45, 7) is 1.10. The van der Waals surface area contributed by atoms with Gasteiger partial charge >= 0.3 is 0 Å². The molecule has 0 spiro atoms. The molecule has 2 heterocycles. The molecular weight excluding hydrogens is 356 g/mol. The van der Waals surface area contributed by atoms with E-state index in [2.05, 4.69) is 9.98 Å². The standard InChI is InChI=1S/C22H24N2O4/c1-25-17-7-3-15(4-8-17)11-23-19-13-27-22-20(14-28-21(19)22)24-12-16-5-9-18(26-2)10-6-16/h3-12,19-22H,13-14H2,1-2H3/t19-,20-,21+,22+/m0/s1. The molecule has 6 heteroatoms. The third kappa shape index (κ3) is 4.08. The van der Waals surface area contributed by atoms with E-state index in [-0.39, 0.29) is 24.3 Å². The zero-order valence-electron chi connectivity index (χ0n) is 16.0. The highest BCUT2D eigenvalue weighted by atomic mass is 16.6. The Morgan fingerprint density at radius 3 is 1.46 bits per heavy atom. The van der Waals surface area contributed by atoms with Gasteiger partial charge in [-0.1, -0.05) is 0 Å². The second-order valence-corrected chi connectivity index (χ2v) is 6.83. The molecule has 0 N–H and O–H groups in total. The van der Waals surface area contributed by atoms with Crippen molar-refractivity contribution in [2.24, 2.45) is 9.98 Å². The smallest absolute Gasteiger partial charge is 0.118 e. The summed E-state index contributed by atoms with van der Waals surface area (Å²) in [6, 6.07) is 15.6. The number of nitrogens with zero attached hydrogens (tertiary/aromatic N) is 2. The first-order valence-corrected chi connectivity index (χ1v) is 9.34. The normalized spacial score (nSPS) is 26.8. The second kappa shape index (κ2) is 8.54. The van der Waals surface area contributed by atoms with E-state index in [4.69, 9.17) is 18.9 Å². The van der Waals surface area contributed by atoms with Crippen molar-refractivity contribution in [3.8, 4) is 11.5 Å². The van der Waals surface area contributed by atoms with Gasteiger partial charge in [0.1, 0.15) is 35.8 Å². The lowest BCUT2D eigenvalue weighted by Gasteiger charge is -2.12. The van der Waals surface area contributed by atoms with Gasteiger partial charge in [0.05, 0.1) is 27.4 Å². The Hall–Kier alpha value is -2.70. The van der Waals surface area contributed by atoms with E-state index in [0.717, 1.165) is 22.6 Å². The average Bonchev–Trinajstić information content (AvgIpc) is 3.34. The Morgan fingerprint density at radius 2 is 1.11 bits per heavy atom. The molecule has 4 atom stereocenters. The molecule has 6 nitrogen and oxygen atoms in total. The van der Waals surface area contributed by atoms with E-state index in [1.54, 1.807) is 14.2 Å². The second-order valence-electron chi connectivity index (χ2n) is 6.83. The number of hydrogen-bond acceptors (Lipinski definition) is 6. The molecule has 2 fully saturated rings. The van der Waals surface area contributed by atoms with E-state index in [9.17, 15) is 0 Å². The summed E-state index contributed by atoms with van der Waals surface area (Å²) in [5, 5.41) is 0. The molecule has 0 unspecified atom stereocenters. The van der Waals surface area contributed by atoms with Gasteiger partial charge < -0.3 is 18.9 Å². The molecule has 0 amide bonds. The molecule has 2 aliphatic rings. The molecular formula is C22H24N2O4. The largest absolute Gasteiger partial charge is 0.497 e. The van der Waals surface area contributed by atoms with Crippen LogP contribution in [0.25, 0.3) is 0 Å². The highest BCUT2D eigenvalue weighted by molar-refractivity contribution is 5.80. The van der Waals surface area contributed by atoms with Crippen molar-refractivity contribution in [3.63, 3.8) is 0 Å². The van der Waals surface area contributed by atoms with Gasteiger partial charge in [0, 0.05) is 12.4 Å². The Kier molecular flexibility index (Phi) is 5.69. The number of aliphatic imine (C=N–C) groups is 2. The van der Waals surface area contributed by atoms with Crippen molar-refractivity contribution in [3.05, 3.63) is 59.7 Å². The van der Waals surface area contributed by atoms with Gasteiger partial charge in [0.2, 0.25) is 0 Å². The fourth-order valence-corrected chi connectivity index (χ4v) is 3.46. The first-order valence-electron chi connectivity index (χ1n) is 9.34. The van der Waals surface area contributed by atoms with E-state index in [1.807, 2.05) is 61.0 Å². The Morgan fingerprint density at radius 1 is 0.714 bits per heavy atom. The lowest BCUT2D eigenvalue weighted by molar-refractivity contribution is 0.0694. The molecule has 0 saturated carbocycles. The number of benzene rings is 2. The molecule has 0 aromatic heterocycles. The molecule has 146 valence electrons. The first kappa shape index (κ1) is 18.7. The van der Waals surface area contributed by atoms with Crippen LogP contribution in [0.15, 0.2) is 58.5 Å². The quantitative estimate of drug-likeness (QED) is 0.723. The van der Waals surface area contributed by atoms with Gasteiger partial charge in [-0.2, -0.15) is 0 Å². The number of methoxy groups -OCH3 is 2. The van der Waals surface area contributed by atoms with E-state index in [0.29, 0.717) is 13.2 Å². The lowest BCUT2D eigenvalue weighted by atomic mass is 10.1. The minimum absolute atomic E-state index is 0.00621. The highest BCUT2D eigenvalue weighted by Gasteiger charge is 2.47. The highest BCUT2D eigenvalue weighted by Crippen LogP contribution is 2.30. The number of rotatable bonds is 6. The van der Waals surface area contributed by atoms with Crippen molar-refractivity contribution in [1.82, 2.24) is 0 Å². The van der Waals surface area contributed by atoms with Gasteiger partial charge in [-0.25, -0.2) is 0 Å². The summed E-state index contributed by atoms with van der Waals surface area (Å²) in [5.41, 5.74) is 2.05. The molecule has 2 aliphatic heterocycles. The lowest BCUT2D eigenvalue weighted by Crippen LogP contribution is -2.30. The zero-order valence-corrected chi connectivity index (χ0v) is 16.0. The van der Waals surface area contributed by atoms with Crippen LogP contribution in [0.1, 0.15) is 11.1 Å². The molecule has 2 aromatic carbocycles. The van der Waals surface area contributed by atoms with Gasteiger partial charge in [0.15, 0.2) is 0 Å². The Bertz CT molecular complexity index is 761.